The molecule has 0 aliphatic rings. The Hall–Kier alpha value is -3.15. The Bertz CT molecular complexity index is 856. The summed E-state index contributed by atoms with van der Waals surface area (Å²) in [5, 5.41) is 13.1. The Morgan fingerprint density at radius 2 is 1.53 bits per heavy atom. The molecule has 0 spiro atoms. The number of ether oxygens (including phenoxy) is 2. The van der Waals surface area contributed by atoms with Gasteiger partial charge in [-0.15, -0.1) is 0 Å². The molecule has 6 heteroatoms. The minimum Gasteiger partial charge on any atom is -0.465 e. The normalized spacial score (nSPS) is 13.9. The van der Waals surface area contributed by atoms with Gasteiger partial charge in [-0.05, 0) is 38.8 Å². The van der Waals surface area contributed by atoms with Crippen LogP contribution >= 0.6 is 0 Å². The highest BCUT2D eigenvalue weighted by Crippen LogP contribution is 2.33. The van der Waals surface area contributed by atoms with Gasteiger partial charge in [0.25, 0.3) is 0 Å². The summed E-state index contributed by atoms with van der Waals surface area (Å²) in [6.07, 6.45) is 0.146. The first-order valence-corrected chi connectivity index (χ1v) is 9.97. The topological polar surface area (TPSA) is 85.2 Å². The number of oxime groups is 1. The largest absolute Gasteiger partial charge is 0.465 e. The molecule has 0 aliphatic carbocycles. The van der Waals surface area contributed by atoms with Crippen LogP contribution in [0.2, 0.25) is 0 Å². The fourth-order valence-corrected chi connectivity index (χ4v) is 3.21. The van der Waals surface area contributed by atoms with Crippen molar-refractivity contribution in [2.45, 2.75) is 45.6 Å². The zero-order chi connectivity index (χ0) is 22.1. The van der Waals surface area contributed by atoms with Gasteiger partial charge in [-0.25, -0.2) is 0 Å². The molecule has 2 aromatic rings. The quantitative estimate of drug-likeness (QED) is 0.226. The van der Waals surface area contributed by atoms with Crippen molar-refractivity contribution in [2.75, 3.05) is 6.61 Å². The Labute approximate surface area is 177 Å². The van der Waals surface area contributed by atoms with Gasteiger partial charge in [0.15, 0.2) is 5.92 Å². The first-order chi connectivity index (χ1) is 14.3. The molecule has 2 aromatic carbocycles. The van der Waals surface area contributed by atoms with E-state index < -0.39 is 29.4 Å². The SMILES string of the molecule is CCOC(=O)C(C(=O)OC(C)(C)C)C(C/C(=N/O)c1ccccc1)c1ccccc1. The van der Waals surface area contributed by atoms with E-state index in [0.717, 1.165) is 5.56 Å². The van der Waals surface area contributed by atoms with E-state index in [2.05, 4.69) is 5.16 Å². The van der Waals surface area contributed by atoms with Crippen LogP contribution in [0.5, 0.6) is 0 Å². The molecular formula is C24H29NO5. The molecule has 0 fully saturated rings. The lowest BCUT2D eigenvalue weighted by Crippen LogP contribution is -2.38. The van der Waals surface area contributed by atoms with E-state index in [0.29, 0.717) is 11.3 Å². The van der Waals surface area contributed by atoms with Crippen LogP contribution in [-0.2, 0) is 19.1 Å². The lowest BCUT2D eigenvalue weighted by atomic mass is 9.81. The number of carbonyl (C=O) groups excluding carboxylic acids is 2. The predicted octanol–water partition coefficient (Wildman–Crippen LogP) is 4.56. The number of nitrogens with zero attached hydrogens (tertiary/aromatic N) is 1. The van der Waals surface area contributed by atoms with Crippen molar-refractivity contribution in [3.63, 3.8) is 0 Å². The molecule has 160 valence electrons. The molecule has 6 nitrogen and oxygen atoms in total. The molecule has 0 radical (unpaired) electrons. The average molecular weight is 411 g/mol. The van der Waals surface area contributed by atoms with Crippen LogP contribution in [0.1, 0.15) is 51.2 Å². The van der Waals surface area contributed by atoms with Crippen LogP contribution in [-0.4, -0.2) is 35.1 Å². The standard InChI is InChI=1S/C24H29NO5/c1-5-29-22(26)21(23(27)30-24(2,3)4)19(17-12-8-6-9-13-17)16-20(25-28)18-14-10-7-11-15-18/h6-15,19,21,28H,5,16H2,1-4H3/b25-20-. The lowest BCUT2D eigenvalue weighted by molar-refractivity contribution is -0.170. The second kappa shape index (κ2) is 10.6. The maximum Gasteiger partial charge on any atom is 0.321 e. The minimum atomic E-state index is -1.20. The van der Waals surface area contributed by atoms with Gasteiger partial charge in [0.2, 0.25) is 0 Å². The Kier molecular flexibility index (Phi) is 8.16. The third-order valence-electron chi connectivity index (χ3n) is 4.47. The molecule has 0 bridgehead atoms. The Balaban J connectivity index is 2.51. The van der Waals surface area contributed by atoms with E-state index in [1.54, 1.807) is 27.7 Å². The second-order valence-electron chi connectivity index (χ2n) is 7.90. The third kappa shape index (κ3) is 6.44. The van der Waals surface area contributed by atoms with Gasteiger partial charge in [0.05, 0.1) is 12.3 Å². The van der Waals surface area contributed by atoms with Gasteiger partial charge in [0.1, 0.15) is 5.60 Å². The molecule has 0 heterocycles. The van der Waals surface area contributed by atoms with E-state index >= 15 is 0 Å². The van der Waals surface area contributed by atoms with Crippen LogP contribution in [0.25, 0.3) is 0 Å². The van der Waals surface area contributed by atoms with Gasteiger partial charge in [0, 0.05) is 12.3 Å². The summed E-state index contributed by atoms with van der Waals surface area (Å²) < 4.78 is 10.8. The summed E-state index contributed by atoms with van der Waals surface area (Å²) in [7, 11) is 0. The van der Waals surface area contributed by atoms with Crippen molar-refractivity contribution in [2.24, 2.45) is 11.1 Å². The fraction of sp³-hybridized carbons (Fsp3) is 0.375. The number of esters is 2. The summed E-state index contributed by atoms with van der Waals surface area (Å²) in [5.41, 5.74) is 1.05. The molecule has 0 saturated heterocycles. The molecule has 0 saturated carbocycles. The van der Waals surface area contributed by atoms with E-state index in [4.69, 9.17) is 9.47 Å². The molecule has 0 aliphatic heterocycles. The van der Waals surface area contributed by atoms with Crippen molar-refractivity contribution in [3.8, 4) is 0 Å². The predicted molar refractivity (Wildman–Crippen MR) is 115 cm³/mol. The van der Waals surface area contributed by atoms with Crippen LogP contribution in [0.3, 0.4) is 0 Å². The van der Waals surface area contributed by atoms with Crippen molar-refractivity contribution < 1.29 is 24.3 Å². The number of carbonyl (C=O) groups is 2. The number of rotatable bonds is 8. The van der Waals surface area contributed by atoms with Gasteiger partial charge in [-0.3, -0.25) is 9.59 Å². The summed E-state index contributed by atoms with van der Waals surface area (Å²) >= 11 is 0. The highest BCUT2D eigenvalue weighted by molar-refractivity contribution is 6.02. The van der Waals surface area contributed by atoms with E-state index in [1.165, 1.54) is 0 Å². The van der Waals surface area contributed by atoms with Gasteiger partial charge < -0.3 is 14.7 Å². The fourth-order valence-electron chi connectivity index (χ4n) is 3.21. The smallest absolute Gasteiger partial charge is 0.321 e. The Morgan fingerprint density at radius 1 is 0.967 bits per heavy atom. The monoisotopic (exact) mass is 411 g/mol. The molecule has 30 heavy (non-hydrogen) atoms. The zero-order valence-electron chi connectivity index (χ0n) is 17.9. The van der Waals surface area contributed by atoms with Crippen LogP contribution in [0.15, 0.2) is 65.8 Å². The van der Waals surface area contributed by atoms with Crippen LogP contribution in [0.4, 0.5) is 0 Å². The van der Waals surface area contributed by atoms with Crippen molar-refractivity contribution in [1.82, 2.24) is 0 Å². The first-order valence-electron chi connectivity index (χ1n) is 9.97. The number of hydrogen-bond donors (Lipinski definition) is 1. The van der Waals surface area contributed by atoms with Crippen molar-refractivity contribution in [1.29, 1.82) is 0 Å². The molecule has 2 unspecified atom stereocenters. The van der Waals surface area contributed by atoms with E-state index in [9.17, 15) is 14.8 Å². The van der Waals surface area contributed by atoms with Crippen LogP contribution < -0.4 is 0 Å². The summed E-state index contributed by atoms with van der Waals surface area (Å²) in [5.74, 6) is -3.16. The highest BCUT2D eigenvalue weighted by atomic mass is 16.6. The van der Waals surface area contributed by atoms with Crippen molar-refractivity contribution in [3.05, 3.63) is 71.8 Å². The van der Waals surface area contributed by atoms with Crippen LogP contribution in [0, 0.1) is 5.92 Å². The zero-order valence-corrected chi connectivity index (χ0v) is 17.9. The summed E-state index contributed by atoms with van der Waals surface area (Å²) in [6, 6.07) is 18.3. The first kappa shape index (κ1) is 23.1. The number of benzene rings is 2. The molecule has 2 rings (SSSR count). The number of hydrogen-bond acceptors (Lipinski definition) is 6. The van der Waals surface area contributed by atoms with Crippen molar-refractivity contribution >= 4 is 17.7 Å². The second-order valence-corrected chi connectivity index (χ2v) is 7.90. The molecule has 0 aromatic heterocycles. The summed E-state index contributed by atoms with van der Waals surface area (Å²) in [4.78, 5) is 25.9. The molecular weight excluding hydrogens is 382 g/mol. The van der Waals surface area contributed by atoms with E-state index in [1.807, 2.05) is 60.7 Å². The minimum absolute atomic E-state index is 0.138. The molecule has 1 N–H and O–H groups in total. The lowest BCUT2D eigenvalue weighted by Gasteiger charge is -2.28. The van der Waals surface area contributed by atoms with Gasteiger partial charge in [-0.1, -0.05) is 65.8 Å². The molecule has 0 amide bonds. The maximum atomic E-state index is 13.1. The highest BCUT2D eigenvalue weighted by Gasteiger charge is 2.40. The van der Waals surface area contributed by atoms with Gasteiger partial charge >= 0.3 is 11.9 Å². The summed E-state index contributed by atoms with van der Waals surface area (Å²) in [6.45, 7) is 7.06. The average Bonchev–Trinajstić information content (AvgIpc) is 2.71. The third-order valence-corrected chi connectivity index (χ3v) is 4.47. The van der Waals surface area contributed by atoms with Gasteiger partial charge in [-0.2, -0.15) is 0 Å². The molecule has 2 atom stereocenters. The Morgan fingerprint density at radius 3 is 2.03 bits per heavy atom. The van der Waals surface area contributed by atoms with E-state index in [-0.39, 0.29) is 13.0 Å². The maximum absolute atomic E-state index is 13.1.